The Kier molecular flexibility index (Phi) is 10.5. The number of benzene rings is 2. The lowest BCUT2D eigenvalue weighted by atomic mass is 10.1. The molecule has 0 atom stereocenters. The third-order valence-corrected chi connectivity index (χ3v) is 5.20. The zero-order chi connectivity index (χ0) is 26.7. The largest absolute Gasteiger partial charge is 0.416 e. The molecule has 0 aliphatic carbocycles. The van der Waals surface area contributed by atoms with Gasteiger partial charge in [0.1, 0.15) is 5.84 Å². The van der Waals surface area contributed by atoms with E-state index < -0.39 is 17.8 Å². The Morgan fingerprint density at radius 1 is 1.03 bits per heavy atom. The Balaban J connectivity index is 0.00000222. The first-order valence-corrected chi connectivity index (χ1v) is 11.7. The highest BCUT2D eigenvalue weighted by molar-refractivity contribution is 6.00. The standard InChI is InChI=1S/C25H26F3N5O.C2H6/c1-4-33(23(29-3)19-10-12-30-13-11-19)16-18-6-5-7-21(14-18)31-24(34)32-22-15-20(25(26,27)28)9-8-17(22)2;1-2/h5-15H,4,16H2,1-3H3,(H2,31,32,34);1-2H3. The van der Waals surface area contributed by atoms with Crippen molar-refractivity contribution in [2.45, 2.75) is 40.4 Å². The number of amides is 2. The summed E-state index contributed by atoms with van der Waals surface area (Å²) >= 11 is 0. The van der Waals surface area contributed by atoms with Gasteiger partial charge in [0.2, 0.25) is 0 Å². The Morgan fingerprint density at radius 3 is 2.33 bits per heavy atom. The first-order chi connectivity index (χ1) is 17.2. The molecule has 2 amide bonds. The van der Waals surface area contributed by atoms with Crippen LogP contribution in [0.3, 0.4) is 0 Å². The lowest BCUT2D eigenvalue weighted by Crippen LogP contribution is -2.31. The van der Waals surface area contributed by atoms with Crippen LogP contribution in [0.25, 0.3) is 0 Å². The minimum atomic E-state index is -4.49. The average molecular weight is 500 g/mol. The number of hydrogen-bond donors (Lipinski definition) is 2. The Hall–Kier alpha value is -3.88. The Labute approximate surface area is 210 Å². The predicted octanol–water partition coefficient (Wildman–Crippen LogP) is 6.98. The summed E-state index contributed by atoms with van der Waals surface area (Å²) in [5.41, 5.74) is 2.21. The van der Waals surface area contributed by atoms with Crippen molar-refractivity contribution in [1.29, 1.82) is 0 Å². The summed E-state index contributed by atoms with van der Waals surface area (Å²) in [6.07, 6.45) is -1.07. The van der Waals surface area contributed by atoms with E-state index in [-0.39, 0.29) is 5.69 Å². The number of amidine groups is 1. The Morgan fingerprint density at radius 2 is 1.72 bits per heavy atom. The zero-order valence-electron chi connectivity index (χ0n) is 21.1. The molecule has 0 radical (unpaired) electrons. The molecule has 0 unspecified atom stereocenters. The fourth-order valence-electron chi connectivity index (χ4n) is 3.48. The van der Waals surface area contributed by atoms with E-state index in [9.17, 15) is 18.0 Å². The molecule has 1 aromatic heterocycles. The molecule has 0 aliphatic rings. The molecule has 0 spiro atoms. The van der Waals surface area contributed by atoms with Gasteiger partial charge >= 0.3 is 12.2 Å². The van der Waals surface area contributed by atoms with Crippen molar-refractivity contribution in [3.63, 3.8) is 0 Å². The van der Waals surface area contributed by atoms with E-state index in [1.807, 2.05) is 51.1 Å². The van der Waals surface area contributed by atoms with Crippen LogP contribution in [-0.2, 0) is 12.7 Å². The highest BCUT2D eigenvalue weighted by Crippen LogP contribution is 2.32. The Bertz CT molecular complexity index is 1160. The second kappa shape index (κ2) is 13.3. The molecule has 0 fully saturated rings. The van der Waals surface area contributed by atoms with Gasteiger partial charge in [0, 0.05) is 49.5 Å². The maximum atomic E-state index is 13.0. The maximum absolute atomic E-state index is 13.0. The number of carbonyl (C=O) groups excluding carboxylic acids is 1. The summed E-state index contributed by atoms with van der Waals surface area (Å²) in [6.45, 7) is 8.92. The second-order valence-electron chi connectivity index (χ2n) is 7.60. The van der Waals surface area contributed by atoms with Gasteiger partial charge in [-0.1, -0.05) is 32.0 Å². The molecule has 192 valence electrons. The number of aryl methyl sites for hydroxylation is 1. The summed E-state index contributed by atoms with van der Waals surface area (Å²) in [5, 5.41) is 5.20. The minimum absolute atomic E-state index is 0.0989. The molecule has 0 bridgehead atoms. The molecule has 3 rings (SSSR count). The number of nitrogens with zero attached hydrogens (tertiary/aromatic N) is 3. The number of anilines is 2. The van der Waals surface area contributed by atoms with Gasteiger partial charge in [0.25, 0.3) is 0 Å². The number of aliphatic imine (C=N–C) groups is 1. The SMILES string of the molecule is CC.CCN(Cc1cccc(NC(=O)Nc2cc(C(F)(F)F)ccc2C)c1)C(=NC)c1ccncc1. The number of pyridine rings is 1. The topological polar surface area (TPSA) is 69.6 Å². The van der Waals surface area contributed by atoms with Crippen LogP contribution in [0.2, 0.25) is 0 Å². The van der Waals surface area contributed by atoms with Gasteiger partial charge < -0.3 is 15.5 Å². The number of alkyl halides is 3. The number of halogens is 3. The molecule has 36 heavy (non-hydrogen) atoms. The molecule has 2 aromatic carbocycles. The highest BCUT2D eigenvalue weighted by atomic mass is 19.4. The third kappa shape index (κ3) is 7.83. The number of hydrogen-bond acceptors (Lipinski definition) is 3. The summed E-state index contributed by atoms with van der Waals surface area (Å²) in [6, 6.07) is 13.7. The van der Waals surface area contributed by atoms with Crippen molar-refractivity contribution in [1.82, 2.24) is 9.88 Å². The molecule has 3 aromatic rings. The molecule has 9 heteroatoms. The van der Waals surface area contributed by atoms with Crippen molar-refractivity contribution in [2.75, 3.05) is 24.2 Å². The molecule has 1 heterocycles. The number of aromatic nitrogens is 1. The van der Waals surface area contributed by atoms with Crippen LogP contribution >= 0.6 is 0 Å². The summed E-state index contributed by atoms with van der Waals surface area (Å²) < 4.78 is 39.0. The van der Waals surface area contributed by atoms with E-state index in [2.05, 4.69) is 25.5 Å². The average Bonchev–Trinajstić information content (AvgIpc) is 2.86. The van der Waals surface area contributed by atoms with Gasteiger partial charge in [0.05, 0.1) is 5.56 Å². The van der Waals surface area contributed by atoms with Crippen LogP contribution in [0.5, 0.6) is 0 Å². The molecule has 0 saturated heterocycles. The lowest BCUT2D eigenvalue weighted by molar-refractivity contribution is -0.137. The van der Waals surface area contributed by atoms with E-state index in [4.69, 9.17) is 0 Å². The van der Waals surface area contributed by atoms with E-state index in [0.717, 1.165) is 29.1 Å². The number of urea groups is 1. The molecule has 0 aliphatic heterocycles. The van der Waals surface area contributed by atoms with Gasteiger partial charge in [-0.25, -0.2) is 4.79 Å². The predicted molar refractivity (Wildman–Crippen MR) is 139 cm³/mol. The minimum Gasteiger partial charge on any atom is -0.352 e. The van der Waals surface area contributed by atoms with Crippen molar-refractivity contribution in [3.8, 4) is 0 Å². The summed E-state index contributed by atoms with van der Waals surface area (Å²) in [7, 11) is 1.73. The van der Waals surface area contributed by atoms with Crippen LogP contribution in [0.4, 0.5) is 29.3 Å². The van der Waals surface area contributed by atoms with Crippen molar-refractivity contribution in [2.24, 2.45) is 4.99 Å². The van der Waals surface area contributed by atoms with E-state index >= 15 is 0 Å². The third-order valence-electron chi connectivity index (χ3n) is 5.20. The normalized spacial score (nSPS) is 11.3. The quantitative estimate of drug-likeness (QED) is 0.284. The first kappa shape index (κ1) is 28.4. The van der Waals surface area contributed by atoms with Gasteiger partial charge in [-0.2, -0.15) is 13.2 Å². The van der Waals surface area contributed by atoms with Crippen LogP contribution in [0.15, 0.2) is 72.0 Å². The summed E-state index contributed by atoms with van der Waals surface area (Å²) in [4.78, 5) is 23.1. The van der Waals surface area contributed by atoms with Crippen LogP contribution < -0.4 is 10.6 Å². The van der Waals surface area contributed by atoms with Gasteiger partial charge in [0.15, 0.2) is 0 Å². The van der Waals surface area contributed by atoms with E-state index in [1.165, 1.54) is 6.07 Å². The van der Waals surface area contributed by atoms with Crippen LogP contribution in [-0.4, -0.2) is 35.3 Å². The van der Waals surface area contributed by atoms with E-state index in [1.54, 1.807) is 32.4 Å². The molecular weight excluding hydrogens is 467 g/mol. The second-order valence-corrected chi connectivity index (χ2v) is 7.60. The number of rotatable bonds is 6. The van der Waals surface area contributed by atoms with Gasteiger partial charge in [-0.05, 0) is 61.4 Å². The molecule has 2 N–H and O–H groups in total. The monoisotopic (exact) mass is 499 g/mol. The number of nitrogens with one attached hydrogen (secondary N) is 2. The van der Waals surface area contributed by atoms with Gasteiger partial charge in [-0.15, -0.1) is 0 Å². The molecular formula is C27H32F3N5O. The van der Waals surface area contributed by atoms with E-state index in [0.29, 0.717) is 24.3 Å². The lowest BCUT2D eigenvalue weighted by Gasteiger charge is -2.25. The molecule has 0 saturated carbocycles. The van der Waals surface area contributed by atoms with Crippen LogP contribution in [0, 0.1) is 6.92 Å². The van der Waals surface area contributed by atoms with Gasteiger partial charge in [-0.3, -0.25) is 9.98 Å². The van der Waals surface area contributed by atoms with Crippen molar-refractivity contribution in [3.05, 3.63) is 89.2 Å². The zero-order valence-corrected chi connectivity index (χ0v) is 21.1. The fraction of sp³-hybridized carbons (Fsp3) is 0.296. The molecule has 6 nitrogen and oxygen atoms in total. The van der Waals surface area contributed by atoms with Crippen molar-refractivity contribution < 1.29 is 18.0 Å². The highest BCUT2D eigenvalue weighted by Gasteiger charge is 2.31. The first-order valence-electron chi connectivity index (χ1n) is 11.7. The fourth-order valence-corrected chi connectivity index (χ4v) is 3.48. The van der Waals surface area contributed by atoms with Crippen LogP contribution in [0.1, 0.15) is 43.0 Å². The van der Waals surface area contributed by atoms with Crippen molar-refractivity contribution >= 4 is 23.2 Å². The summed E-state index contributed by atoms with van der Waals surface area (Å²) in [5.74, 6) is 0.820. The number of carbonyl (C=O) groups is 1. The maximum Gasteiger partial charge on any atom is 0.416 e. The smallest absolute Gasteiger partial charge is 0.352 e.